The molecule has 0 amide bonds. The maximum Gasteiger partial charge on any atom is 0.261 e. The molecule has 7 rings (SSSR count). The van der Waals surface area contributed by atoms with Gasteiger partial charge >= 0.3 is 0 Å². The van der Waals surface area contributed by atoms with Gasteiger partial charge in [-0.15, -0.1) is 0 Å². The molecule has 0 spiro atoms. The van der Waals surface area contributed by atoms with Crippen LogP contribution < -0.4 is 5.32 Å². The Hall–Kier alpha value is -2.45. The highest BCUT2D eigenvalue weighted by atomic mass is 16.5. The minimum absolute atomic E-state index is 0.245. The van der Waals surface area contributed by atoms with Crippen molar-refractivity contribution in [3.63, 3.8) is 0 Å². The number of hydrogen-bond donors (Lipinski definition) is 4. The zero-order valence-corrected chi connectivity index (χ0v) is 17.2. The summed E-state index contributed by atoms with van der Waals surface area (Å²) in [7, 11) is 0. The van der Waals surface area contributed by atoms with Crippen molar-refractivity contribution in [3.05, 3.63) is 24.3 Å². The molecule has 3 aromatic rings. The molecule has 3 unspecified atom stereocenters. The van der Waals surface area contributed by atoms with Crippen molar-refractivity contribution in [2.24, 2.45) is 17.8 Å². The van der Waals surface area contributed by atoms with Crippen LogP contribution in [0.5, 0.6) is 0 Å². The molecule has 4 N–H and O–H groups in total. The molecule has 5 atom stereocenters. The molecule has 4 fully saturated rings. The average molecular weight is 409 g/mol. The van der Waals surface area contributed by atoms with Gasteiger partial charge in [0.1, 0.15) is 11.2 Å². The predicted molar refractivity (Wildman–Crippen MR) is 111 cm³/mol. The molecule has 8 nitrogen and oxygen atoms in total. The first-order valence-corrected chi connectivity index (χ1v) is 10.8. The Morgan fingerprint density at radius 1 is 1.23 bits per heavy atom. The fraction of sp³-hybridized carbons (Fsp3) is 0.591. The van der Waals surface area contributed by atoms with Gasteiger partial charge in [-0.1, -0.05) is 5.16 Å². The number of pyridine rings is 1. The summed E-state index contributed by atoms with van der Waals surface area (Å²) in [5.41, 5.74) is 0.811. The predicted octanol–water partition coefficient (Wildman–Crippen LogP) is 3.19. The summed E-state index contributed by atoms with van der Waals surface area (Å²) in [6, 6.07) is 2.31. The summed E-state index contributed by atoms with van der Waals surface area (Å²) >= 11 is 0. The molecule has 0 aromatic carbocycles. The van der Waals surface area contributed by atoms with Crippen LogP contribution in [0.4, 0.5) is 5.69 Å². The fourth-order valence-electron chi connectivity index (χ4n) is 6.29. The second-order valence-electron chi connectivity index (χ2n) is 10.1. The Bertz CT molecular complexity index is 1100. The van der Waals surface area contributed by atoms with Crippen molar-refractivity contribution in [1.82, 2.24) is 20.1 Å². The van der Waals surface area contributed by atoms with Gasteiger partial charge in [0.2, 0.25) is 5.82 Å². The number of H-pyrrole nitrogens is 1. The summed E-state index contributed by atoms with van der Waals surface area (Å²) < 4.78 is 5.52. The minimum Gasteiger partial charge on any atom is -0.390 e. The number of rotatable bonds is 4. The molecule has 3 heterocycles. The first-order valence-electron chi connectivity index (χ1n) is 10.8. The van der Waals surface area contributed by atoms with Crippen LogP contribution >= 0.6 is 0 Å². The van der Waals surface area contributed by atoms with Crippen LogP contribution in [0.15, 0.2) is 23.0 Å². The molecule has 8 heteroatoms. The molecule has 4 saturated carbocycles. The van der Waals surface area contributed by atoms with E-state index >= 15 is 0 Å². The summed E-state index contributed by atoms with van der Waals surface area (Å²) in [5.74, 6) is 2.17. The monoisotopic (exact) mass is 409 g/mol. The Morgan fingerprint density at radius 2 is 2.00 bits per heavy atom. The van der Waals surface area contributed by atoms with Crippen molar-refractivity contribution in [3.8, 4) is 11.5 Å². The van der Waals surface area contributed by atoms with Gasteiger partial charge in [-0.3, -0.25) is 0 Å². The maximum atomic E-state index is 10.9. The quantitative estimate of drug-likeness (QED) is 0.522. The Balaban J connectivity index is 1.41. The number of hydrogen-bond acceptors (Lipinski definition) is 7. The summed E-state index contributed by atoms with van der Waals surface area (Å²) in [6.45, 7) is 3.27. The number of aromatic nitrogens is 4. The Kier molecular flexibility index (Phi) is 3.69. The third-order valence-electron chi connectivity index (χ3n) is 7.34. The molecule has 4 bridgehead atoms. The van der Waals surface area contributed by atoms with E-state index < -0.39 is 11.2 Å². The molecular weight excluding hydrogens is 382 g/mol. The van der Waals surface area contributed by atoms with Crippen LogP contribution in [0.1, 0.15) is 51.8 Å². The van der Waals surface area contributed by atoms with Gasteiger partial charge < -0.3 is 25.0 Å². The molecule has 0 radical (unpaired) electrons. The zero-order chi connectivity index (χ0) is 20.7. The van der Waals surface area contributed by atoms with E-state index in [0.717, 1.165) is 41.5 Å². The van der Waals surface area contributed by atoms with Gasteiger partial charge in [0.25, 0.3) is 5.89 Å². The van der Waals surface area contributed by atoms with Crippen LogP contribution in [0.25, 0.3) is 22.5 Å². The van der Waals surface area contributed by atoms with E-state index in [1.165, 1.54) is 12.8 Å². The van der Waals surface area contributed by atoms with Gasteiger partial charge in [-0.05, 0) is 69.8 Å². The summed E-state index contributed by atoms with van der Waals surface area (Å²) in [6.07, 6.45) is 8.69. The first kappa shape index (κ1) is 18.3. The molecule has 0 aliphatic heterocycles. The zero-order valence-electron chi connectivity index (χ0n) is 17.2. The van der Waals surface area contributed by atoms with Gasteiger partial charge in [0.05, 0.1) is 16.9 Å². The number of aromatic amines is 1. The van der Waals surface area contributed by atoms with Crippen molar-refractivity contribution in [2.75, 3.05) is 5.32 Å². The second-order valence-corrected chi connectivity index (χ2v) is 10.1. The van der Waals surface area contributed by atoms with Crippen molar-refractivity contribution < 1.29 is 14.7 Å². The number of nitrogens with one attached hydrogen (secondary N) is 2. The Labute approximate surface area is 174 Å². The van der Waals surface area contributed by atoms with Crippen LogP contribution in [-0.4, -0.2) is 42.0 Å². The second kappa shape index (κ2) is 6.04. The van der Waals surface area contributed by atoms with E-state index in [1.54, 1.807) is 20.0 Å². The normalized spacial score (nSPS) is 32.8. The van der Waals surface area contributed by atoms with Gasteiger partial charge in [-0.25, -0.2) is 4.98 Å². The SMILES string of the molecule is CC(C)(O)c1noc(-c2cnc3[nH]ccc3c2NC2[C@@H]3CC4C[C@H]2CC(O)(C4)C3)n1. The van der Waals surface area contributed by atoms with E-state index in [0.29, 0.717) is 29.7 Å². The summed E-state index contributed by atoms with van der Waals surface area (Å²) in [4.78, 5) is 12.1. The highest BCUT2D eigenvalue weighted by Crippen LogP contribution is 2.56. The highest BCUT2D eigenvalue weighted by Gasteiger charge is 2.54. The smallest absolute Gasteiger partial charge is 0.261 e. The molecule has 3 aromatic heterocycles. The minimum atomic E-state index is -1.18. The van der Waals surface area contributed by atoms with E-state index in [-0.39, 0.29) is 5.82 Å². The van der Waals surface area contributed by atoms with E-state index in [1.807, 2.05) is 12.3 Å². The van der Waals surface area contributed by atoms with Crippen molar-refractivity contribution in [1.29, 1.82) is 0 Å². The van der Waals surface area contributed by atoms with Crippen LogP contribution in [-0.2, 0) is 5.60 Å². The lowest BCUT2D eigenvalue weighted by Crippen LogP contribution is -2.59. The highest BCUT2D eigenvalue weighted by molar-refractivity contribution is 5.97. The standard InChI is InChI=1S/C22H27N5O3/c1-21(2,28)20-26-19(30-27-20)15-10-24-18-14(3-4-23-18)17(15)25-16-12-5-11-6-13(16)9-22(29,7-11)8-12/h3-4,10-13,16,28-29H,5-9H2,1-2H3,(H2,23,24,25)/t11?,12-,13+,16?,22?. The largest absolute Gasteiger partial charge is 0.390 e. The molecule has 158 valence electrons. The number of anilines is 1. The maximum absolute atomic E-state index is 10.9. The third kappa shape index (κ3) is 2.77. The lowest BCUT2D eigenvalue weighted by molar-refractivity contribution is -0.129. The van der Waals surface area contributed by atoms with Gasteiger partial charge in [0, 0.05) is 23.8 Å². The Morgan fingerprint density at radius 3 is 2.67 bits per heavy atom. The van der Waals surface area contributed by atoms with Crippen molar-refractivity contribution >= 4 is 16.7 Å². The third-order valence-corrected chi connectivity index (χ3v) is 7.34. The van der Waals surface area contributed by atoms with Crippen LogP contribution in [0, 0.1) is 17.8 Å². The molecule has 4 aliphatic rings. The van der Waals surface area contributed by atoms with E-state index in [9.17, 15) is 10.2 Å². The average Bonchev–Trinajstić information content (AvgIpc) is 3.32. The molecule has 4 aliphatic carbocycles. The fourth-order valence-corrected chi connectivity index (χ4v) is 6.29. The summed E-state index contributed by atoms with van der Waals surface area (Å²) in [5, 5.41) is 29.9. The topological polar surface area (TPSA) is 120 Å². The molecule has 0 saturated heterocycles. The lowest BCUT2D eigenvalue weighted by atomic mass is 9.52. The molecular formula is C22H27N5O3. The van der Waals surface area contributed by atoms with E-state index in [2.05, 4.69) is 25.4 Å². The first-order chi connectivity index (χ1) is 14.3. The van der Waals surface area contributed by atoms with Gasteiger partial charge in [-0.2, -0.15) is 4.98 Å². The van der Waals surface area contributed by atoms with E-state index in [4.69, 9.17) is 4.52 Å². The van der Waals surface area contributed by atoms with Crippen LogP contribution in [0.2, 0.25) is 0 Å². The van der Waals surface area contributed by atoms with Gasteiger partial charge in [0.15, 0.2) is 0 Å². The molecule has 30 heavy (non-hydrogen) atoms. The number of aliphatic hydroxyl groups is 2. The number of fused-ring (bicyclic) bond motifs is 1. The van der Waals surface area contributed by atoms with Crippen LogP contribution in [0.3, 0.4) is 0 Å². The van der Waals surface area contributed by atoms with Crippen molar-refractivity contribution in [2.45, 2.75) is 63.2 Å². The lowest BCUT2D eigenvalue weighted by Gasteiger charge is -2.58. The number of nitrogens with zero attached hydrogens (tertiary/aromatic N) is 3.